The molecule has 3 N–H and O–H groups in total. The van der Waals surface area contributed by atoms with E-state index in [9.17, 15) is 22.8 Å². The maximum atomic E-state index is 14.7. The Hall–Kier alpha value is -2.50. The Morgan fingerprint density at radius 3 is 2.42 bits per heavy atom. The molecule has 1 saturated heterocycles. The van der Waals surface area contributed by atoms with Gasteiger partial charge >= 0.3 is 6.09 Å². The second kappa shape index (κ2) is 8.56. The molecule has 1 fully saturated rings. The van der Waals surface area contributed by atoms with Crippen molar-refractivity contribution in [3.05, 3.63) is 56.9 Å². The first-order valence-electron chi connectivity index (χ1n) is 9.37. The summed E-state index contributed by atoms with van der Waals surface area (Å²) in [5.74, 6) is -3.78. The van der Waals surface area contributed by atoms with Crippen molar-refractivity contribution in [3.63, 3.8) is 0 Å². The second-order valence-electron chi connectivity index (χ2n) is 8.28. The van der Waals surface area contributed by atoms with Crippen molar-refractivity contribution in [3.8, 4) is 0 Å². The number of benzene rings is 2. The van der Waals surface area contributed by atoms with E-state index in [2.05, 4.69) is 5.32 Å². The topological polar surface area (TPSA) is 84.7 Å². The van der Waals surface area contributed by atoms with Gasteiger partial charge in [-0.25, -0.2) is 18.0 Å². The van der Waals surface area contributed by atoms with E-state index in [4.69, 9.17) is 10.5 Å². The minimum atomic E-state index is -1.30. The Kier molecular flexibility index (Phi) is 6.40. The lowest BCUT2D eigenvalue weighted by atomic mass is 9.76. The molecule has 2 amide bonds. The number of hydrogen-bond donors (Lipinski definition) is 2. The first-order chi connectivity index (χ1) is 14.4. The average molecular weight is 547 g/mol. The number of primary amides is 1. The van der Waals surface area contributed by atoms with Gasteiger partial charge in [-0.3, -0.25) is 4.79 Å². The number of nitrogens with one attached hydrogen (secondary N) is 1. The molecular formula is C21H21F3IN3O3. The first-order valence-corrected chi connectivity index (χ1v) is 10.4. The summed E-state index contributed by atoms with van der Waals surface area (Å²) in [6.45, 7) is 5.58. The molecule has 2 unspecified atom stereocenters. The summed E-state index contributed by atoms with van der Waals surface area (Å²) in [4.78, 5) is 25.8. The molecule has 1 aliphatic heterocycles. The van der Waals surface area contributed by atoms with Crippen LogP contribution in [0.1, 0.15) is 31.1 Å². The maximum absolute atomic E-state index is 14.7. The predicted octanol–water partition coefficient (Wildman–Crippen LogP) is 4.79. The van der Waals surface area contributed by atoms with Gasteiger partial charge in [0.15, 0.2) is 11.6 Å². The van der Waals surface area contributed by atoms with Crippen molar-refractivity contribution in [1.82, 2.24) is 4.90 Å². The van der Waals surface area contributed by atoms with E-state index in [1.807, 2.05) is 43.4 Å². The number of nitrogens with zero attached hydrogens (tertiary/aromatic N) is 1. The zero-order valence-electron chi connectivity index (χ0n) is 17.0. The van der Waals surface area contributed by atoms with Crippen LogP contribution in [0.2, 0.25) is 0 Å². The molecule has 2 aromatic rings. The summed E-state index contributed by atoms with van der Waals surface area (Å²) in [6.07, 6.45) is -1.59. The predicted molar refractivity (Wildman–Crippen MR) is 117 cm³/mol. The van der Waals surface area contributed by atoms with E-state index in [0.717, 1.165) is 12.1 Å². The molecule has 10 heteroatoms. The smallest absolute Gasteiger partial charge is 0.404 e. The largest absolute Gasteiger partial charge is 0.442 e. The molecule has 2 atom stereocenters. The molecule has 166 valence electrons. The van der Waals surface area contributed by atoms with Crippen molar-refractivity contribution < 1.29 is 27.5 Å². The molecular weight excluding hydrogens is 526 g/mol. The lowest BCUT2D eigenvalue weighted by molar-refractivity contribution is -0.0889. The van der Waals surface area contributed by atoms with E-state index in [0.29, 0.717) is 3.57 Å². The first kappa shape index (κ1) is 23.2. The third-order valence-corrected chi connectivity index (χ3v) is 5.67. The normalized spacial score (nSPS) is 18.4. The number of amides is 2. The van der Waals surface area contributed by atoms with Gasteiger partial charge in [-0.1, -0.05) is 20.8 Å². The fraction of sp³-hybridized carbons (Fsp3) is 0.333. The molecule has 0 aliphatic carbocycles. The number of hydrogen-bond acceptors (Lipinski definition) is 4. The zero-order chi connectivity index (χ0) is 23.1. The highest BCUT2D eigenvalue weighted by Gasteiger charge is 2.50. The molecule has 1 heterocycles. The monoisotopic (exact) mass is 547 g/mol. The molecule has 3 rings (SSSR count). The highest BCUT2D eigenvalue weighted by Crippen LogP contribution is 2.38. The van der Waals surface area contributed by atoms with Gasteiger partial charge in [0.2, 0.25) is 0 Å². The molecule has 0 spiro atoms. The molecule has 1 aliphatic rings. The summed E-state index contributed by atoms with van der Waals surface area (Å²) in [5.41, 5.74) is 3.85. The number of ether oxygens (including phenoxy) is 1. The summed E-state index contributed by atoms with van der Waals surface area (Å²) in [7, 11) is 0. The molecule has 31 heavy (non-hydrogen) atoms. The third kappa shape index (κ3) is 4.73. The van der Waals surface area contributed by atoms with Gasteiger partial charge in [0.05, 0.1) is 29.5 Å². The Labute approximate surface area is 191 Å². The quantitative estimate of drug-likeness (QED) is 0.540. The van der Waals surface area contributed by atoms with Crippen LogP contribution in [-0.4, -0.2) is 35.6 Å². The maximum Gasteiger partial charge on any atom is 0.404 e. The van der Waals surface area contributed by atoms with E-state index in [-0.39, 0.29) is 17.8 Å². The summed E-state index contributed by atoms with van der Waals surface area (Å²) >= 11 is 1.92. The van der Waals surface area contributed by atoms with Crippen LogP contribution >= 0.6 is 22.6 Å². The van der Waals surface area contributed by atoms with Crippen molar-refractivity contribution in [2.45, 2.75) is 32.9 Å². The fourth-order valence-electron chi connectivity index (χ4n) is 3.69. The van der Waals surface area contributed by atoms with Gasteiger partial charge in [0.25, 0.3) is 5.91 Å². The van der Waals surface area contributed by atoms with Crippen LogP contribution in [0.5, 0.6) is 0 Å². The van der Waals surface area contributed by atoms with Crippen LogP contribution < -0.4 is 11.1 Å². The van der Waals surface area contributed by atoms with Gasteiger partial charge < -0.3 is 20.7 Å². The number of carbonyl (C=O) groups is 2. The van der Waals surface area contributed by atoms with E-state index in [1.165, 1.54) is 17.0 Å². The lowest BCUT2D eigenvalue weighted by Gasteiger charge is -2.52. The molecule has 0 aromatic heterocycles. The van der Waals surface area contributed by atoms with E-state index < -0.39 is 52.7 Å². The zero-order valence-corrected chi connectivity index (χ0v) is 19.2. The van der Waals surface area contributed by atoms with Gasteiger partial charge in [0, 0.05) is 3.57 Å². The van der Waals surface area contributed by atoms with E-state index >= 15 is 0 Å². The Morgan fingerprint density at radius 2 is 1.84 bits per heavy atom. The van der Waals surface area contributed by atoms with Crippen LogP contribution in [0.15, 0.2) is 30.3 Å². The van der Waals surface area contributed by atoms with Crippen LogP contribution in [-0.2, 0) is 4.74 Å². The van der Waals surface area contributed by atoms with Crippen molar-refractivity contribution in [2.75, 3.05) is 11.9 Å². The molecule has 0 bridgehead atoms. The number of anilines is 2. The Balaban J connectivity index is 1.98. The van der Waals surface area contributed by atoms with E-state index in [1.54, 1.807) is 6.07 Å². The highest BCUT2D eigenvalue weighted by atomic mass is 127. The number of carbonyl (C=O) groups excluding carboxylic acids is 2. The number of rotatable bonds is 4. The van der Waals surface area contributed by atoms with Gasteiger partial charge in [0.1, 0.15) is 11.9 Å². The standard InChI is InChI=1S/C21H21F3IN3O3/c1-21(2,3)18-15(31-20(26)30)9-28(18)19(29)11-5-6-12(22)16(24)17(11)27-14-7-4-10(25)8-13(14)23/h4-8,15,18,27H,9H2,1-3H3,(H2,26,30). The van der Waals surface area contributed by atoms with Crippen molar-refractivity contribution in [1.29, 1.82) is 0 Å². The summed E-state index contributed by atoms with van der Waals surface area (Å²) in [6, 6.07) is 5.61. The van der Waals surface area contributed by atoms with Crippen LogP contribution in [0.4, 0.5) is 29.3 Å². The van der Waals surface area contributed by atoms with Crippen molar-refractivity contribution in [2.24, 2.45) is 11.1 Å². The molecule has 2 aromatic carbocycles. The number of halogens is 4. The van der Waals surface area contributed by atoms with Crippen LogP contribution in [0.25, 0.3) is 0 Å². The minimum Gasteiger partial charge on any atom is -0.442 e. The molecule has 6 nitrogen and oxygen atoms in total. The van der Waals surface area contributed by atoms with Gasteiger partial charge in [-0.15, -0.1) is 0 Å². The Morgan fingerprint density at radius 1 is 1.16 bits per heavy atom. The minimum absolute atomic E-state index is 0.0417. The SMILES string of the molecule is CC(C)(C)C1C(OC(N)=O)CN1C(=O)c1ccc(F)c(F)c1Nc1ccc(I)cc1F. The van der Waals surface area contributed by atoms with Gasteiger partial charge in [-0.2, -0.15) is 0 Å². The molecule has 0 saturated carbocycles. The number of likely N-dealkylation sites (tertiary alicyclic amines) is 1. The molecule has 0 radical (unpaired) electrons. The number of nitrogens with two attached hydrogens (primary N) is 1. The third-order valence-electron chi connectivity index (χ3n) is 5.00. The fourth-order valence-corrected chi connectivity index (χ4v) is 4.14. The summed E-state index contributed by atoms with van der Waals surface area (Å²) < 4.78 is 48.6. The van der Waals surface area contributed by atoms with Crippen LogP contribution in [0.3, 0.4) is 0 Å². The van der Waals surface area contributed by atoms with Crippen molar-refractivity contribution >= 4 is 46.0 Å². The second-order valence-corrected chi connectivity index (χ2v) is 9.52. The summed E-state index contributed by atoms with van der Waals surface area (Å²) in [5, 5.41) is 2.51. The average Bonchev–Trinajstić information content (AvgIpc) is 2.62. The lowest BCUT2D eigenvalue weighted by Crippen LogP contribution is -2.68. The highest BCUT2D eigenvalue weighted by molar-refractivity contribution is 14.1. The van der Waals surface area contributed by atoms with Crippen LogP contribution in [0, 0.1) is 26.4 Å². The Bertz CT molecular complexity index is 1040. The van der Waals surface area contributed by atoms with Gasteiger partial charge in [-0.05, 0) is 58.3 Å².